The van der Waals surface area contributed by atoms with Crippen LogP contribution in [0.3, 0.4) is 0 Å². The molecule has 6 heteroatoms. The van der Waals surface area contributed by atoms with Gasteiger partial charge < -0.3 is 9.80 Å². The van der Waals surface area contributed by atoms with Gasteiger partial charge in [0.15, 0.2) is 0 Å². The van der Waals surface area contributed by atoms with Crippen LogP contribution in [0.2, 0.25) is 0 Å². The molecule has 0 bridgehead atoms. The molecule has 5 nitrogen and oxygen atoms in total. The van der Waals surface area contributed by atoms with Gasteiger partial charge in [0.05, 0.1) is 0 Å². The molecule has 3 rings (SSSR count). The second-order valence-electron chi connectivity index (χ2n) is 6.30. The Labute approximate surface area is 141 Å². The number of rotatable bonds is 5. The molecule has 1 amide bonds. The summed E-state index contributed by atoms with van der Waals surface area (Å²) in [4.78, 5) is 25.4. The maximum absolute atomic E-state index is 12.6. The van der Waals surface area contributed by atoms with E-state index in [4.69, 9.17) is 0 Å². The SMILES string of the molecule is CN(C)Cc1nc(C(=O)N2CCC(Cc3ccccn3)C2)cs1. The van der Waals surface area contributed by atoms with Crippen LogP contribution in [0, 0.1) is 5.92 Å². The summed E-state index contributed by atoms with van der Waals surface area (Å²) in [5, 5.41) is 2.87. The molecule has 1 atom stereocenters. The van der Waals surface area contributed by atoms with Crippen molar-refractivity contribution >= 4 is 17.2 Å². The number of hydrogen-bond donors (Lipinski definition) is 0. The number of nitrogens with zero attached hydrogens (tertiary/aromatic N) is 4. The third-order valence-electron chi connectivity index (χ3n) is 4.02. The summed E-state index contributed by atoms with van der Waals surface area (Å²) < 4.78 is 0. The Kier molecular flexibility index (Phi) is 5.03. The van der Waals surface area contributed by atoms with Crippen LogP contribution >= 0.6 is 11.3 Å². The van der Waals surface area contributed by atoms with Gasteiger partial charge in [-0.3, -0.25) is 9.78 Å². The molecule has 0 radical (unpaired) electrons. The molecule has 0 N–H and O–H groups in total. The summed E-state index contributed by atoms with van der Waals surface area (Å²) in [6.07, 6.45) is 3.80. The van der Waals surface area contributed by atoms with Gasteiger partial charge in [-0.15, -0.1) is 11.3 Å². The number of carbonyl (C=O) groups is 1. The lowest BCUT2D eigenvalue weighted by molar-refractivity contribution is 0.0781. The second-order valence-corrected chi connectivity index (χ2v) is 7.24. The Morgan fingerprint density at radius 2 is 2.30 bits per heavy atom. The van der Waals surface area contributed by atoms with Crippen molar-refractivity contribution in [1.29, 1.82) is 0 Å². The fraction of sp³-hybridized carbons (Fsp3) is 0.471. The molecule has 2 aromatic heterocycles. The average Bonchev–Trinajstić information content (AvgIpc) is 3.17. The molecular formula is C17H22N4OS. The highest BCUT2D eigenvalue weighted by Crippen LogP contribution is 2.22. The molecule has 1 saturated heterocycles. The third-order valence-corrected chi connectivity index (χ3v) is 4.85. The first-order chi connectivity index (χ1) is 11.1. The normalized spacial score (nSPS) is 17.9. The highest BCUT2D eigenvalue weighted by atomic mass is 32.1. The highest BCUT2D eigenvalue weighted by molar-refractivity contribution is 7.09. The van der Waals surface area contributed by atoms with Gasteiger partial charge in [0.1, 0.15) is 10.7 Å². The molecule has 0 spiro atoms. The number of carbonyl (C=O) groups excluding carboxylic acids is 1. The summed E-state index contributed by atoms with van der Waals surface area (Å²) in [6, 6.07) is 6.00. The van der Waals surface area contributed by atoms with Crippen molar-refractivity contribution in [3.8, 4) is 0 Å². The van der Waals surface area contributed by atoms with Crippen molar-refractivity contribution < 1.29 is 4.79 Å². The van der Waals surface area contributed by atoms with Gasteiger partial charge in [-0.05, 0) is 45.0 Å². The highest BCUT2D eigenvalue weighted by Gasteiger charge is 2.28. The van der Waals surface area contributed by atoms with Gasteiger partial charge in [-0.2, -0.15) is 0 Å². The molecule has 0 aromatic carbocycles. The fourth-order valence-electron chi connectivity index (χ4n) is 2.91. The second kappa shape index (κ2) is 7.19. The zero-order valence-corrected chi connectivity index (χ0v) is 14.4. The molecule has 0 aliphatic carbocycles. The van der Waals surface area contributed by atoms with Gasteiger partial charge >= 0.3 is 0 Å². The monoisotopic (exact) mass is 330 g/mol. The zero-order valence-electron chi connectivity index (χ0n) is 13.6. The van der Waals surface area contributed by atoms with Crippen molar-refractivity contribution in [3.63, 3.8) is 0 Å². The smallest absolute Gasteiger partial charge is 0.273 e. The predicted octanol–water partition coefficient (Wildman–Crippen LogP) is 2.30. The van der Waals surface area contributed by atoms with E-state index in [0.29, 0.717) is 11.6 Å². The van der Waals surface area contributed by atoms with Crippen LogP contribution in [0.1, 0.15) is 27.6 Å². The lowest BCUT2D eigenvalue weighted by atomic mass is 10.0. The lowest BCUT2D eigenvalue weighted by Gasteiger charge is -2.15. The van der Waals surface area contributed by atoms with Gasteiger partial charge in [-0.1, -0.05) is 6.07 Å². The van der Waals surface area contributed by atoms with E-state index in [1.807, 2.05) is 42.7 Å². The van der Waals surface area contributed by atoms with Crippen LogP contribution < -0.4 is 0 Å². The maximum Gasteiger partial charge on any atom is 0.273 e. The van der Waals surface area contributed by atoms with Crippen molar-refractivity contribution in [2.24, 2.45) is 5.92 Å². The van der Waals surface area contributed by atoms with E-state index < -0.39 is 0 Å². The van der Waals surface area contributed by atoms with Crippen LogP contribution in [-0.2, 0) is 13.0 Å². The van der Waals surface area contributed by atoms with Crippen LogP contribution in [0.15, 0.2) is 29.8 Å². The van der Waals surface area contributed by atoms with Crippen LogP contribution in [0.5, 0.6) is 0 Å². The summed E-state index contributed by atoms with van der Waals surface area (Å²) in [7, 11) is 4.01. The van der Waals surface area contributed by atoms with Gasteiger partial charge in [0.2, 0.25) is 0 Å². The molecule has 1 aliphatic rings. The van der Waals surface area contributed by atoms with Crippen LogP contribution in [-0.4, -0.2) is 52.9 Å². The maximum atomic E-state index is 12.6. The van der Waals surface area contributed by atoms with E-state index in [-0.39, 0.29) is 5.91 Å². The fourth-order valence-corrected chi connectivity index (χ4v) is 3.80. The summed E-state index contributed by atoms with van der Waals surface area (Å²) in [5.74, 6) is 0.559. The predicted molar refractivity (Wildman–Crippen MR) is 91.5 cm³/mol. The van der Waals surface area contributed by atoms with Gasteiger partial charge in [0, 0.05) is 36.9 Å². The number of thiazole rings is 1. The molecule has 23 heavy (non-hydrogen) atoms. The minimum absolute atomic E-state index is 0.0646. The van der Waals surface area contributed by atoms with Crippen LogP contribution in [0.25, 0.3) is 0 Å². The Balaban J connectivity index is 1.58. The number of hydrogen-bond acceptors (Lipinski definition) is 5. The summed E-state index contributed by atoms with van der Waals surface area (Å²) in [5.41, 5.74) is 1.69. The summed E-state index contributed by atoms with van der Waals surface area (Å²) in [6.45, 7) is 2.40. The molecule has 2 aromatic rings. The largest absolute Gasteiger partial charge is 0.337 e. The first kappa shape index (κ1) is 16.1. The standard InChI is InChI=1S/C17H22N4OS/c1-20(2)11-16-19-15(12-23-16)17(22)21-8-6-13(10-21)9-14-5-3-4-7-18-14/h3-5,7,12-13H,6,8-11H2,1-2H3. The van der Waals surface area contributed by atoms with E-state index in [0.717, 1.165) is 43.2 Å². The first-order valence-electron chi connectivity index (χ1n) is 7.90. The molecule has 3 heterocycles. The van der Waals surface area contributed by atoms with Crippen molar-refractivity contribution in [3.05, 3.63) is 46.2 Å². The molecule has 1 aliphatic heterocycles. The lowest BCUT2D eigenvalue weighted by Crippen LogP contribution is -2.29. The summed E-state index contributed by atoms with van der Waals surface area (Å²) >= 11 is 1.56. The molecule has 1 unspecified atom stereocenters. The minimum atomic E-state index is 0.0646. The van der Waals surface area contributed by atoms with E-state index in [9.17, 15) is 4.79 Å². The Hall–Kier alpha value is -1.79. The van der Waals surface area contributed by atoms with Gasteiger partial charge in [-0.25, -0.2) is 4.98 Å². The minimum Gasteiger partial charge on any atom is -0.337 e. The quantitative estimate of drug-likeness (QED) is 0.844. The number of pyridine rings is 1. The zero-order chi connectivity index (χ0) is 16.2. The molecule has 0 saturated carbocycles. The van der Waals surface area contributed by atoms with Crippen molar-refractivity contribution in [1.82, 2.24) is 19.8 Å². The van der Waals surface area contributed by atoms with E-state index >= 15 is 0 Å². The van der Waals surface area contributed by atoms with E-state index in [1.54, 1.807) is 11.3 Å². The first-order valence-corrected chi connectivity index (χ1v) is 8.78. The van der Waals surface area contributed by atoms with Crippen molar-refractivity contribution in [2.75, 3.05) is 27.2 Å². The topological polar surface area (TPSA) is 49.3 Å². The molecule has 122 valence electrons. The third kappa shape index (κ3) is 4.14. The number of likely N-dealkylation sites (tertiary alicyclic amines) is 1. The Morgan fingerprint density at radius 3 is 3.04 bits per heavy atom. The average molecular weight is 330 g/mol. The number of aromatic nitrogens is 2. The Bertz CT molecular complexity index is 656. The molecular weight excluding hydrogens is 308 g/mol. The van der Waals surface area contributed by atoms with Crippen molar-refractivity contribution in [2.45, 2.75) is 19.4 Å². The van der Waals surface area contributed by atoms with Crippen LogP contribution in [0.4, 0.5) is 0 Å². The molecule has 1 fully saturated rings. The van der Waals surface area contributed by atoms with E-state index in [2.05, 4.69) is 20.9 Å². The number of amides is 1. The van der Waals surface area contributed by atoms with E-state index in [1.165, 1.54) is 0 Å². The Morgan fingerprint density at radius 1 is 1.43 bits per heavy atom. The van der Waals surface area contributed by atoms with Gasteiger partial charge in [0.25, 0.3) is 5.91 Å².